The SMILES string of the molecule is Cc1ccc(N)cc1SCCC(=O)NC(N)=O. The van der Waals surface area contributed by atoms with Crippen LogP contribution in [0.3, 0.4) is 0 Å². The molecule has 0 unspecified atom stereocenters. The van der Waals surface area contributed by atoms with Gasteiger partial charge >= 0.3 is 6.03 Å². The number of hydrogen-bond donors (Lipinski definition) is 3. The largest absolute Gasteiger partial charge is 0.399 e. The molecule has 0 fully saturated rings. The minimum Gasteiger partial charge on any atom is -0.399 e. The summed E-state index contributed by atoms with van der Waals surface area (Å²) in [4.78, 5) is 22.6. The lowest BCUT2D eigenvalue weighted by Crippen LogP contribution is -2.35. The van der Waals surface area contributed by atoms with E-state index in [0.29, 0.717) is 11.4 Å². The van der Waals surface area contributed by atoms with Gasteiger partial charge in [-0.3, -0.25) is 10.1 Å². The molecule has 92 valence electrons. The van der Waals surface area contributed by atoms with Crippen LogP contribution in [-0.4, -0.2) is 17.7 Å². The van der Waals surface area contributed by atoms with Crippen LogP contribution in [0.4, 0.5) is 10.5 Å². The molecule has 5 N–H and O–H groups in total. The summed E-state index contributed by atoms with van der Waals surface area (Å²) < 4.78 is 0. The van der Waals surface area contributed by atoms with Crippen LogP contribution < -0.4 is 16.8 Å². The molecule has 0 aliphatic rings. The molecule has 3 amide bonds. The monoisotopic (exact) mass is 253 g/mol. The zero-order valence-electron chi connectivity index (χ0n) is 9.53. The summed E-state index contributed by atoms with van der Waals surface area (Å²) in [6.45, 7) is 1.98. The van der Waals surface area contributed by atoms with Gasteiger partial charge < -0.3 is 11.5 Å². The van der Waals surface area contributed by atoms with Crippen molar-refractivity contribution in [2.45, 2.75) is 18.2 Å². The second kappa shape index (κ2) is 6.15. The number of aryl methyl sites for hydroxylation is 1. The molecule has 1 aromatic carbocycles. The average Bonchev–Trinajstić information content (AvgIpc) is 2.22. The van der Waals surface area contributed by atoms with Crippen molar-refractivity contribution in [3.63, 3.8) is 0 Å². The van der Waals surface area contributed by atoms with Crippen LogP contribution in [-0.2, 0) is 4.79 Å². The third kappa shape index (κ3) is 4.78. The number of hydrogen-bond acceptors (Lipinski definition) is 4. The topological polar surface area (TPSA) is 98.2 Å². The third-order valence-electron chi connectivity index (χ3n) is 2.06. The molecule has 0 saturated carbocycles. The number of carbonyl (C=O) groups is 2. The van der Waals surface area contributed by atoms with Gasteiger partial charge in [0.05, 0.1) is 0 Å². The van der Waals surface area contributed by atoms with E-state index in [1.54, 1.807) is 0 Å². The Morgan fingerprint density at radius 2 is 2.12 bits per heavy atom. The fraction of sp³-hybridized carbons (Fsp3) is 0.273. The van der Waals surface area contributed by atoms with Crippen molar-refractivity contribution in [2.75, 3.05) is 11.5 Å². The Morgan fingerprint density at radius 3 is 2.76 bits per heavy atom. The molecular weight excluding hydrogens is 238 g/mol. The molecule has 0 heterocycles. The lowest BCUT2D eigenvalue weighted by Gasteiger charge is -2.06. The molecule has 0 aliphatic carbocycles. The van der Waals surface area contributed by atoms with Gasteiger partial charge in [-0.2, -0.15) is 0 Å². The van der Waals surface area contributed by atoms with Crippen molar-refractivity contribution in [1.82, 2.24) is 5.32 Å². The van der Waals surface area contributed by atoms with Crippen LogP contribution in [0.1, 0.15) is 12.0 Å². The van der Waals surface area contributed by atoms with Gasteiger partial charge in [-0.1, -0.05) is 6.07 Å². The second-order valence-electron chi connectivity index (χ2n) is 3.54. The van der Waals surface area contributed by atoms with Gasteiger partial charge in [-0.05, 0) is 24.6 Å². The van der Waals surface area contributed by atoms with Crippen molar-refractivity contribution in [3.05, 3.63) is 23.8 Å². The van der Waals surface area contributed by atoms with Crippen molar-refractivity contribution in [2.24, 2.45) is 5.73 Å². The van der Waals surface area contributed by atoms with Crippen LogP contribution in [0, 0.1) is 6.92 Å². The number of carbonyl (C=O) groups excluding carboxylic acids is 2. The fourth-order valence-corrected chi connectivity index (χ4v) is 2.25. The van der Waals surface area contributed by atoms with E-state index in [1.165, 1.54) is 11.8 Å². The number of amides is 3. The van der Waals surface area contributed by atoms with Crippen LogP contribution in [0.5, 0.6) is 0 Å². The van der Waals surface area contributed by atoms with Crippen molar-refractivity contribution >= 4 is 29.4 Å². The Labute approximate surface area is 104 Å². The number of rotatable bonds is 4. The number of benzene rings is 1. The van der Waals surface area contributed by atoms with E-state index < -0.39 is 6.03 Å². The lowest BCUT2D eigenvalue weighted by molar-refractivity contribution is -0.119. The van der Waals surface area contributed by atoms with Crippen LogP contribution in [0.2, 0.25) is 0 Å². The highest BCUT2D eigenvalue weighted by Crippen LogP contribution is 2.24. The highest BCUT2D eigenvalue weighted by atomic mass is 32.2. The van der Waals surface area contributed by atoms with E-state index in [4.69, 9.17) is 11.5 Å². The first-order chi connectivity index (χ1) is 7.99. The van der Waals surface area contributed by atoms with Crippen LogP contribution >= 0.6 is 11.8 Å². The Morgan fingerprint density at radius 1 is 1.41 bits per heavy atom. The smallest absolute Gasteiger partial charge is 0.318 e. The Kier molecular flexibility index (Phi) is 4.84. The van der Waals surface area contributed by atoms with Gasteiger partial charge in [0.1, 0.15) is 0 Å². The van der Waals surface area contributed by atoms with Crippen LogP contribution in [0.25, 0.3) is 0 Å². The predicted molar refractivity (Wildman–Crippen MR) is 68.7 cm³/mol. The average molecular weight is 253 g/mol. The maximum Gasteiger partial charge on any atom is 0.318 e. The summed E-state index contributed by atoms with van der Waals surface area (Å²) in [5, 5.41) is 2.02. The van der Waals surface area contributed by atoms with Crippen LogP contribution in [0.15, 0.2) is 23.1 Å². The Hall–Kier alpha value is -1.69. The molecule has 0 radical (unpaired) electrons. The first-order valence-electron chi connectivity index (χ1n) is 5.07. The highest BCUT2D eigenvalue weighted by Gasteiger charge is 2.05. The molecule has 0 bridgehead atoms. The minimum absolute atomic E-state index is 0.238. The van der Waals surface area contributed by atoms with Crippen molar-refractivity contribution in [1.29, 1.82) is 0 Å². The standard InChI is InChI=1S/C11H15N3O2S/c1-7-2-3-8(12)6-9(7)17-5-4-10(15)14-11(13)16/h2-3,6H,4-5,12H2,1H3,(H3,13,14,15,16). The molecule has 0 spiro atoms. The Balaban J connectivity index is 2.43. The number of primary amides is 1. The third-order valence-corrected chi connectivity index (χ3v) is 3.22. The summed E-state index contributed by atoms with van der Waals surface area (Å²) in [6.07, 6.45) is 0.238. The highest BCUT2D eigenvalue weighted by molar-refractivity contribution is 7.99. The summed E-state index contributed by atoms with van der Waals surface area (Å²) >= 11 is 1.52. The van der Waals surface area contributed by atoms with E-state index >= 15 is 0 Å². The number of nitrogens with two attached hydrogens (primary N) is 2. The summed E-state index contributed by atoms with van der Waals surface area (Å²) in [5.74, 6) is 0.204. The first-order valence-corrected chi connectivity index (χ1v) is 6.06. The summed E-state index contributed by atoms with van der Waals surface area (Å²) in [6, 6.07) is 4.81. The number of thioether (sulfide) groups is 1. The van der Waals surface area contributed by atoms with E-state index in [1.807, 2.05) is 30.4 Å². The number of imide groups is 1. The molecule has 5 nitrogen and oxygen atoms in total. The molecule has 0 atom stereocenters. The molecule has 1 rings (SSSR count). The number of nitrogen functional groups attached to an aromatic ring is 1. The van der Waals surface area contributed by atoms with Gasteiger partial charge in [-0.15, -0.1) is 11.8 Å². The van der Waals surface area contributed by atoms with E-state index in [-0.39, 0.29) is 12.3 Å². The van der Waals surface area contributed by atoms with Gasteiger partial charge in [0, 0.05) is 22.8 Å². The zero-order chi connectivity index (χ0) is 12.8. The van der Waals surface area contributed by atoms with E-state index in [0.717, 1.165) is 10.5 Å². The molecule has 1 aromatic rings. The predicted octanol–water partition coefficient (Wildman–Crippen LogP) is 1.25. The number of anilines is 1. The maximum atomic E-state index is 11.1. The molecule has 6 heteroatoms. The zero-order valence-corrected chi connectivity index (χ0v) is 10.3. The normalized spacial score (nSPS) is 9.94. The number of nitrogens with one attached hydrogen (secondary N) is 1. The number of urea groups is 1. The summed E-state index contributed by atoms with van der Waals surface area (Å²) in [7, 11) is 0. The van der Waals surface area contributed by atoms with Gasteiger partial charge in [0.2, 0.25) is 5.91 Å². The maximum absolute atomic E-state index is 11.1. The lowest BCUT2D eigenvalue weighted by atomic mass is 10.2. The summed E-state index contributed by atoms with van der Waals surface area (Å²) in [5.41, 5.74) is 12.3. The van der Waals surface area contributed by atoms with Crippen molar-refractivity contribution in [3.8, 4) is 0 Å². The van der Waals surface area contributed by atoms with Crippen molar-refractivity contribution < 1.29 is 9.59 Å². The van der Waals surface area contributed by atoms with E-state index in [9.17, 15) is 9.59 Å². The van der Waals surface area contributed by atoms with Gasteiger partial charge in [0.15, 0.2) is 0 Å². The molecule has 17 heavy (non-hydrogen) atoms. The molecular formula is C11H15N3O2S. The quantitative estimate of drug-likeness (QED) is 0.555. The van der Waals surface area contributed by atoms with Gasteiger partial charge in [0.25, 0.3) is 0 Å². The minimum atomic E-state index is -0.819. The molecule has 0 saturated heterocycles. The van der Waals surface area contributed by atoms with E-state index in [2.05, 4.69) is 0 Å². The first kappa shape index (κ1) is 13.4. The van der Waals surface area contributed by atoms with Gasteiger partial charge in [-0.25, -0.2) is 4.79 Å². The molecule has 0 aliphatic heterocycles. The second-order valence-corrected chi connectivity index (χ2v) is 4.67. The fourth-order valence-electron chi connectivity index (χ4n) is 1.23. The Bertz CT molecular complexity index is 435. The molecule has 0 aromatic heterocycles.